The van der Waals surface area contributed by atoms with Crippen LogP contribution in [0.4, 0.5) is 0 Å². The number of ether oxygens (including phenoxy) is 1. The summed E-state index contributed by atoms with van der Waals surface area (Å²) in [7, 11) is 1.41. The Hall–Kier alpha value is -0.790. The molecule has 2 N–H and O–H groups in total. The van der Waals surface area contributed by atoms with E-state index in [2.05, 4.69) is 15.9 Å². The molecule has 0 aliphatic rings. The van der Waals surface area contributed by atoms with Crippen LogP contribution >= 0.6 is 26.6 Å². The van der Waals surface area contributed by atoms with Crippen LogP contribution in [-0.4, -0.2) is 20.4 Å². The average molecular weight is 357 g/mol. The molecule has 8 heteroatoms. The van der Waals surface area contributed by atoms with E-state index in [0.29, 0.717) is 16.6 Å². The van der Waals surface area contributed by atoms with Gasteiger partial charge in [-0.15, -0.1) is 0 Å². The molecule has 0 saturated carbocycles. The van der Waals surface area contributed by atoms with Gasteiger partial charge in [0.05, 0.1) is 9.37 Å². The maximum Gasteiger partial charge on any atom is 0.261 e. The first-order valence-electron chi connectivity index (χ1n) is 4.96. The summed E-state index contributed by atoms with van der Waals surface area (Å²) < 4.78 is 28.0. The lowest BCUT2D eigenvalue weighted by atomic mass is 10.2. The predicted octanol–water partition coefficient (Wildman–Crippen LogP) is 2.02. The molecule has 0 bridgehead atoms. The van der Waals surface area contributed by atoms with E-state index in [9.17, 15) is 13.2 Å². The van der Waals surface area contributed by atoms with Crippen molar-refractivity contribution in [2.75, 3.05) is 0 Å². The lowest BCUT2D eigenvalue weighted by Gasteiger charge is -2.15. The number of amides is 1. The first kappa shape index (κ1) is 15.3. The molecule has 0 spiro atoms. The molecular weight excluding hydrogens is 346 g/mol. The highest BCUT2D eigenvalue weighted by Gasteiger charge is 2.18. The zero-order valence-corrected chi connectivity index (χ0v) is 12.5. The molecule has 1 aromatic rings. The molecule has 0 saturated heterocycles. The van der Waals surface area contributed by atoms with E-state index in [-0.39, 0.29) is 4.90 Å². The Balaban J connectivity index is 3.03. The molecule has 1 amide bonds. The molecule has 18 heavy (non-hydrogen) atoms. The van der Waals surface area contributed by atoms with Crippen molar-refractivity contribution in [2.45, 2.75) is 24.3 Å². The van der Waals surface area contributed by atoms with Gasteiger partial charge < -0.3 is 10.5 Å². The normalized spacial score (nSPS) is 13.1. The monoisotopic (exact) mass is 355 g/mol. The second-order valence-corrected chi connectivity index (χ2v) is 6.87. The van der Waals surface area contributed by atoms with Gasteiger partial charge in [0.25, 0.3) is 15.0 Å². The van der Waals surface area contributed by atoms with E-state index in [1.165, 1.54) is 18.2 Å². The summed E-state index contributed by atoms with van der Waals surface area (Å²) in [6.45, 7) is 1.75. The number of primary amides is 1. The molecule has 0 radical (unpaired) electrons. The molecule has 100 valence electrons. The van der Waals surface area contributed by atoms with Gasteiger partial charge in [-0.05, 0) is 40.5 Å². The fourth-order valence-corrected chi connectivity index (χ4v) is 2.63. The number of halogens is 2. The maximum absolute atomic E-state index is 11.1. The Kier molecular flexibility index (Phi) is 5.01. The van der Waals surface area contributed by atoms with Crippen molar-refractivity contribution < 1.29 is 17.9 Å². The van der Waals surface area contributed by atoms with Gasteiger partial charge in [-0.3, -0.25) is 4.79 Å². The lowest BCUT2D eigenvalue weighted by Crippen LogP contribution is -2.33. The summed E-state index contributed by atoms with van der Waals surface area (Å²) in [5.41, 5.74) is 5.15. The summed E-state index contributed by atoms with van der Waals surface area (Å²) in [6.07, 6.45) is -0.350. The average Bonchev–Trinajstić information content (AvgIpc) is 2.25. The summed E-state index contributed by atoms with van der Waals surface area (Å²) in [6, 6.07) is 3.99. The minimum atomic E-state index is -3.80. The number of carbonyl (C=O) groups excluding carboxylic acids is 1. The molecule has 1 unspecified atom stereocenters. The van der Waals surface area contributed by atoms with Crippen molar-refractivity contribution in [3.8, 4) is 5.75 Å². The quantitative estimate of drug-likeness (QED) is 0.818. The van der Waals surface area contributed by atoms with Crippen LogP contribution in [0.25, 0.3) is 0 Å². The Morgan fingerprint density at radius 2 is 2.17 bits per heavy atom. The molecular formula is C10H11BrClNO4S. The topological polar surface area (TPSA) is 86.5 Å². The van der Waals surface area contributed by atoms with Gasteiger partial charge in [0.2, 0.25) is 0 Å². The van der Waals surface area contributed by atoms with Crippen molar-refractivity contribution in [1.29, 1.82) is 0 Å². The fourth-order valence-electron chi connectivity index (χ4n) is 1.22. The summed E-state index contributed by atoms with van der Waals surface area (Å²) >= 11 is 3.15. The summed E-state index contributed by atoms with van der Waals surface area (Å²) in [5, 5.41) is 0. The van der Waals surface area contributed by atoms with Gasteiger partial charge in [0.15, 0.2) is 6.10 Å². The smallest absolute Gasteiger partial charge is 0.261 e. The van der Waals surface area contributed by atoms with Crippen LogP contribution in [-0.2, 0) is 13.8 Å². The standard InChI is InChI=1S/C10H11BrClNO4S/c1-2-8(10(13)14)17-9-4-3-6(5-7(9)11)18(12,15)16/h3-5,8H,2H2,1H3,(H2,13,14). The first-order chi connectivity index (χ1) is 8.25. The molecule has 0 fully saturated rings. The molecule has 1 atom stereocenters. The van der Waals surface area contributed by atoms with E-state index in [1.54, 1.807) is 6.92 Å². The molecule has 0 aliphatic carbocycles. The van der Waals surface area contributed by atoms with Crippen LogP contribution in [0, 0.1) is 0 Å². The van der Waals surface area contributed by atoms with E-state index < -0.39 is 21.1 Å². The summed E-state index contributed by atoms with van der Waals surface area (Å²) in [5.74, 6) is -0.261. The van der Waals surface area contributed by atoms with Gasteiger partial charge in [0, 0.05) is 10.7 Å². The molecule has 0 heterocycles. The predicted molar refractivity (Wildman–Crippen MR) is 71.1 cm³/mol. The Morgan fingerprint density at radius 3 is 2.56 bits per heavy atom. The van der Waals surface area contributed by atoms with E-state index in [1.807, 2.05) is 0 Å². The second-order valence-electron chi connectivity index (χ2n) is 3.45. The zero-order valence-electron chi connectivity index (χ0n) is 9.39. The Morgan fingerprint density at radius 1 is 1.56 bits per heavy atom. The third-order valence-corrected chi connectivity index (χ3v) is 4.11. The molecule has 0 aliphatic heterocycles. The van der Waals surface area contributed by atoms with Crippen molar-refractivity contribution in [3.05, 3.63) is 22.7 Å². The van der Waals surface area contributed by atoms with Gasteiger partial charge >= 0.3 is 0 Å². The highest BCUT2D eigenvalue weighted by Crippen LogP contribution is 2.30. The number of benzene rings is 1. The molecule has 0 aromatic heterocycles. The SMILES string of the molecule is CCC(Oc1ccc(S(=O)(=O)Cl)cc1Br)C(N)=O. The van der Waals surface area contributed by atoms with Crippen LogP contribution in [0.5, 0.6) is 5.75 Å². The van der Waals surface area contributed by atoms with Crippen LogP contribution in [0.3, 0.4) is 0 Å². The molecule has 5 nitrogen and oxygen atoms in total. The van der Waals surface area contributed by atoms with Crippen molar-refractivity contribution in [3.63, 3.8) is 0 Å². The fraction of sp³-hybridized carbons (Fsp3) is 0.300. The highest BCUT2D eigenvalue weighted by atomic mass is 79.9. The Labute approximate surface area is 118 Å². The summed E-state index contributed by atoms with van der Waals surface area (Å²) in [4.78, 5) is 11.0. The van der Waals surface area contributed by atoms with Gasteiger partial charge in [-0.1, -0.05) is 6.92 Å². The van der Waals surface area contributed by atoms with Crippen LogP contribution < -0.4 is 10.5 Å². The van der Waals surface area contributed by atoms with Crippen LogP contribution in [0.1, 0.15) is 13.3 Å². The van der Waals surface area contributed by atoms with Crippen molar-refractivity contribution >= 4 is 41.6 Å². The van der Waals surface area contributed by atoms with Crippen LogP contribution in [0.2, 0.25) is 0 Å². The van der Waals surface area contributed by atoms with Crippen molar-refractivity contribution in [1.82, 2.24) is 0 Å². The molecule has 1 rings (SSSR count). The van der Waals surface area contributed by atoms with Gasteiger partial charge in [-0.25, -0.2) is 8.42 Å². The first-order valence-corrected chi connectivity index (χ1v) is 8.06. The highest BCUT2D eigenvalue weighted by molar-refractivity contribution is 9.10. The minimum Gasteiger partial charge on any atom is -0.479 e. The van der Waals surface area contributed by atoms with Gasteiger partial charge in [0.1, 0.15) is 5.75 Å². The third kappa shape index (κ3) is 3.86. The van der Waals surface area contributed by atoms with E-state index >= 15 is 0 Å². The minimum absolute atomic E-state index is 0.0597. The second kappa shape index (κ2) is 5.90. The number of nitrogens with two attached hydrogens (primary N) is 1. The number of rotatable bonds is 5. The maximum atomic E-state index is 11.1. The number of hydrogen-bond acceptors (Lipinski definition) is 4. The lowest BCUT2D eigenvalue weighted by molar-refractivity contribution is -0.124. The largest absolute Gasteiger partial charge is 0.479 e. The number of hydrogen-bond donors (Lipinski definition) is 1. The zero-order chi connectivity index (χ0) is 13.9. The van der Waals surface area contributed by atoms with Crippen LogP contribution in [0.15, 0.2) is 27.6 Å². The van der Waals surface area contributed by atoms with E-state index in [4.69, 9.17) is 21.2 Å². The van der Waals surface area contributed by atoms with E-state index in [0.717, 1.165) is 0 Å². The Bertz CT molecular complexity index is 561. The number of carbonyl (C=O) groups is 1. The third-order valence-electron chi connectivity index (χ3n) is 2.14. The van der Waals surface area contributed by atoms with Gasteiger partial charge in [-0.2, -0.15) is 0 Å². The molecule has 1 aromatic carbocycles. The van der Waals surface area contributed by atoms with Crippen molar-refractivity contribution in [2.24, 2.45) is 5.73 Å².